The van der Waals surface area contributed by atoms with Crippen LogP contribution in [0.1, 0.15) is 56.1 Å². The maximum Gasteiger partial charge on any atom is 0.229 e. The van der Waals surface area contributed by atoms with E-state index in [2.05, 4.69) is 24.3 Å². The number of hydrogen-bond donors (Lipinski definition) is 1. The Hall–Kier alpha value is -2.17. The van der Waals surface area contributed by atoms with Gasteiger partial charge in [-0.25, -0.2) is 4.98 Å². The zero-order chi connectivity index (χ0) is 18.8. The smallest absolute Gasteiger partial charge is 0.229 e. The highest BCUT2D eigenvalue weighted by atomic mass is 16.5. The van der Waals surface area contributed by atoms with Gasteiger partial charge in [0.1, 0.15) is 5.52 Å². The van der Waals surface area contributed by atoms with Gasteiger partial charge in [-0.05, 0) is 68.1 Å². The number of fused-ring (bicyclic) bond motifs is 1. The lowest BCUT2D eigenvalue weighted by molar-refractivity contribution is -0.190. The van der Waals surface area contributed by atoms with Crippen LogP contribution >= 0.6 is 0 Å². The van der Waals surface area contributed by atoms with Gasteiger partial charge in [-0.2, -0.15) is 0 Å². The molecule has 2 aromatic carbocycles. The van der Waals surface area contributed by atoms with Crippen molar-refractivity contribution in [1.82, 2.24) is 4.98 Å². The number of oxazole rings is 1. The molecule has 0 amide bonds. The lowest BCUT2D eigenvalue weighted by Crippen LogP contribution is -2.63. The van der Waals surface area contributed by atoms with E-state index in [1.165, 1.54) is 6.42 Å². The van der Waals surface area contributed by atoms with Crippen LogP contribution in [0.3, 0.4) is 0 Å². The third kappa shape index (κ3) is 2.70. The van der Waals surface area contributed by atoms with E-state index in [9.17, 15) is 0 Å². The summed E-state index contributed by atoms with van der Waals surface area (Å²) < 4.78 is 13.1. The van der Waals surface area contributed by atoms with Crippen molar-refractivity contribution in [2.24, 2.45) is 17.6 Å². The predicted octanol–water partition coefficient (Wildman–Crippen LogP) is 4.98. The fourth-order valence-electron chi connectivity index (χ4n) is 6.53. The summed E-state index contributed by atoms with van der Waals surface area (Å²) in [5.41, 5.74) is 9.38. The molecule has 4 nitrogen and oxygen atoms in total. The Morgan fingerprint density at radius 2 is 1.68 bits per heavy atom. The van der Waals surface area contributed by atoms with Crippen LogP contribution in [0.25, 0.3) is 11.1 Å². The first-order valence-corrected chi connectivity index (χ1v) is 10.5. The van der Waals surface area contributed by atoms with Crippen LogP contribution in [0.5, 0.6) is 0 Å². The highest BCUT2D eigenvalue weighted by molar-refractivity contribution is 5.72. The van der Waals surface area contributed by atoms with Crippen molar-refractivity contribution < 1.29 is 9.15 Å². The first-order chi connectivity index (χ1) is 13.6. The third-order valence-corrected chi connectivity index (χ3v) is 7.06. The fraction of sp³-hybridized carbons (Fsp3) is 0.458. The maximum absolute atomic E-state index is 6.98. The minimum absolute atomic E-state index is 0.0490. The van der Waals surface area contributed by atoms with Crippen LogP contribution in [0.4, 0.5) is 0 Å². The number of hydrogen-bond acceptors (Lipinski definition) is 4. The Bertz CT molecular complexity index is 965. The van der Waals surface area contributed by atoms with Crippen molar-refractivity contribution in [2.45, 2.75) is 55.8 Å². The van der Waals surface area contributed by atoms with E-state index >= 15 is 0 Å². The molecule has 4 aliphatic carbocycles. The number of ether oxygens (including phenoxy) is 1. The molecule has 0 aliphatic heterocycles. The number of aromatic nitrogens is 1. The van der Waals surface area contributed by atoms with Crippen LogP contribution < -0.4 is 5.73 Å². The van der Waals surface area contributed by atoms with Crippen LogP contribution in [-0.2, 0) is 4.74 Å². The fourth-order valence-corrected chi connectivity index (χ4v) is 6.53. The molecule has 3 unspecified atom stereocenters. The van der Waals surface area contributed by atoms with Crippen molar-refractivity contribution in [3.63, 3.8) is 0 Å². The monoisotopic (exact) mass is 374 g/mol. The Balaban J connectivity index is 1.41. The molecular formula is C24H26N2O2. The minimum Gasteiger partial charge on any atom is -0.437 e. The molecule has 144 valence electrons. The molecule has 4 heteroatoms. The average molecular weight is 374 g/mol. The lowest BCUT2D eigenvalue weighted by atomic mass is 9.51. The zero-order valence-corrected chi connectivity index (χ0v) is 16.0. The molecule has 0 spiro atoms. The van der Waals surface area contributed by atoms with Crippen LogP contribution in [0, 0.1) is 11.8 Å². The summed E-state index contributed by atoms with van der Waals surface area (Å²) in [6.45, 7) is 0. The van der Waals surface area contributed by atoms with Gasteiger partial charge in [0, 0.05) is 5.54 Å². The minimum atomic E-state index is -0.298. The quantitative estimate of drug-likeness (QED) is 0.699. The van der Waals surface area contributed by atoms with Crippen molar-refractivity contribution in [2.75, 3.05) is 0 Å². The van der Waals surface area contributed by atoms with Crippen molar-refractivity contribution in [1.29, 1.82) is 0 Å². The van der Waals surface area contributed by atoms with Gasteiger partial charge in [0.05, 0.1) is 5.60 Å². The molecule has 3 aromatic rings. The standard InChI is InChI=1S/C24H26N2O2/c25-23-11-16-10-17(12-23)14-24(13-16,15-23)28-21(18-6-2-1-3-7-18)22-26-19-8-4-5-9-20(19)27-22/h1-9,16-17,21H,10-15,25H2. The zero-order valence-electron chi connectivity index (χ0n) is 16.0. The molecule has 2 N–H and O–H groups in total. The van der Waals surface area contributed by atoms with E-state index < -0.39 is 0 Å². The van der Waals surface area contributed by atoms with E-state index in [0.29, 0.717) is 17.7 Å². The van der Waals surface area contributed by atoms with Gasteiger partial charge in [-0.3, -0.25) is 0 Å². The average Bonchev–Trinajstić information content (AvgIpc) is 3.09. The van der Waals surface area contributed by atoms with Gasteiger partial charge in [0.2, 0.25) is 5.89 Å². The van der Waals surface area contributed by atoms with Gasteiger partial charge in [-0.1, -0.05) is 42.5 Å². The second-order valence-corrected chi connectivity index (χ2v) is 9.43. The van der Waals surface area contributed by atoms with Crippen molar-refractivity contribution in [3.8, 4) is 0 Å². The predicted molar refractivity (Wildman–Crippen MR) is 108 cm³/mol. The van der Waals surface area contributed by atoms with Gasteiger partial charge in [0.25, 0.3) is 0 Å². The first-order valence-electron chi connectivity index (χ1n) is 10.5. The lowest BCUT2D eigenvalue weighted by Gasteiger charge is -2.60. The summed E-state index contributed by atoms with van der Waals surface area (Å²) >= 11 is 0. The summed E-state index contributed by atoms with van der Waals surface area (Å²) in [7, 11) is 0. The summed E-state index contributed by atoms with van der Waals surface area (Å²) in [6.07, 6.45) is 6.53. The van der Waals surface area contributed by atoms with Crippen molar-refractivity contribution >= 4 is 11.1 Å². The van der Waals surface area contributed by atoms with Crippen LogP contribution in [-0.4, -0.2) is 16.1 Å². The van der Waals surface area contributed by atoms with Gasteiger partial charge >= 0.3 is 0 Å². The number of nitrogens with two attached hydrogens (primary N) is 1. The Morgan fingerprint density at radius 1 is 0.964 bits per heavy atom. The Morgan fingerprint density at radius 3 is 2.39 bits per heavy atom. The second kappa shape index (κ2) is 5.91. The van der Waals surface area contributed by atoms with E-state index in [0.717, 1.165) is 48.8 Å². The SMILES string of the molecule is NC12CC3CC(C1)CC(OC(c1ccccc1)c1nc4ccccc4o1)(C3)C2. The number of nitrogens with zero attached hydrogens (tertiary/aromatic N) is 1. The first kappa shape index (κ1) is 16.8. The highest BCUT2D eigenvalue weighted by Gasteiger charge is 2.58. The molecule has 0 radical (unpaired) electrons. The molecule has 4 bridgehead atoms. The molecule has 7 rings (SSSR count). The maximum atomic E-state index is 6.98. The molecule has 3 atom stereocenters. The highest BCUT2D eigenvalue weighted by Crippen LogP contribution is 2.59. The topological polar surface area (TPSA) is 61.3 Å². The summed E-state index contributed by atoms with van der Waals surface area (Å²) in [5.74, 6) is 2.05. The van der Waals surface area contributed by atoms with Gasteiger partial charge < -0.3 is 14.9 Å². The second-order valence-electron chi connectivity index (χ2n) is 9.43. The van der Waals surface area contributed by atoms with Gasteiger partial charge in [0.15, 0.2) is 11.7 Å². The summed E-state index contributed by atoms with van der Waals surface area (Å²) in [5, 5.41) is 0. The molecular weight excluding hydrogens is 348 g/mol. The Kier molecular flexibility index (Phi) is 3.54. The van der Waals surface area contributed by atoms with Crippen LogP contribution in [0.2, 0.25) is 0 Å². The number of rotatable bonds is 4. The van der Waals surface area contributed by atoms with Gasteiger partial charge in [-0.15, -0.1) is 0 Å². The number of benzene rings is 2. The molecule has 4 fully saturated rings. The normalized spacial score (nSPS) is 34.8. The van der Waals surface area contributed by atoms with E-state index in [-0.39, 0.29) is 17.2 Å². The van der Waals surface area contributed by atoms with E-state index in [1.807, 2.05) is 30.3 Å². The molecule has 4 aliphatic rings. The molecule has 4 saturated carbocycles. The summed E-state index contributed by atoms with van der Waals surface area (Å²) in [6, 6.07) is 18.3. The van der Waals surface area contributed by atoms with E-state index in [1.54, 1.807) is 0 Å². The van der Waals surface area contributed by atoms with E-state index in [4.69, 9.17) is 19.9 Å². The molecule has 1 heterocycles. The largest absolute Gasteiger partial charge is 0.437 e. The third-order valence-electron chi connectivity index (χ3n) is 7.06. The van der Waals surface area contributed by atoms with Crippen LogP contribution in [0.15, 0.2) is 59.0 Å². The summed E-state index contributed by atoms with van der Waals surface area (Å²) in [4.78, 5) is 4.78. The number of para-hydroxylation sites is 2. The van der Waals surface area contributed by atoms with Crippen molar-refractivity contribution in [3.05, 3.63) is 66.1 Å². The molecule has 28 heavy (non-hydrogen) atoms. The Labute approximate surface area is 165 Å². The molecule has 1 aromatic heterocycles. The molecule has 0 saturated heterocycles.